The van der Waals surface area contributed by atoms with Gasteiger partial charge in [-0.2, -0.15) is 4.72 Å². The van der Waals surface area contributed by atoms with Crippen molar-refractivity contribution in [3.05, 3.63) is 59.7 Å². The normalized spacial score (nSPS) is 10.8. The van der Waals surface area contributed by atoms with Gasteiger partial charge in [0.1, 0.15) is 12.4 Å². The van der Waals surface area contributed by atoms with Crippen molar-refractivity contribution in [1.29, 1.82) is 0 Å². The van der Waals surface area contributed by atoms with Crippen molar-refractivity contribution in [3.8, 4) is 18.1 Å². The molecule has 0 unspecified atom stereocenters. The summed E-state index contributed by atoms with van der Waals surface area (Å²) in [5.41, 5.74) is 0.996. The standard InChI is InChI=1S/C19H19NO5S/c1-3-13-20-26(22,23)17-11-9-15(10-12-17)19(21)25-14-16-7-5-6-8-18(16)24-4-2/h1,5-12,20H,4,13-14H2,2H3. The molecule has 0 aliphatic heterocycles. The van der Waals surface area contributed by atoms with Crippen molar-refractivity contribution in [2.75, 3.05) is 13.2 Å². The first kappa shape index (κ1) is 19.5. The Hall–Kier alpha value is -2.82. The fourth-order valence-corrected chi connectivity index (χ4v) is 3.07. The molecule has 0 saturated carbocycles. The van der Waals surface area contributed by atoms with Gasteiger partial charge in [0.2, 0.25) is 10.0 Å². The number of sulfonamides is 1. The van der Waals surface area contributed by atoms with E-state index in [-0.39, 0.29) is 23.6 Å². The Morgan fingerprint density at radius 3 is 2.50 bits per heavy atom. The molecule has 1 N–H and O–H groups in total. The molecule has 2 rings (SSSR count). The molecule has 0 bridgehead atoms. The Kier molecular flexibility index (Phi) is 6.78. The highest BCUT2D eigenvalue weighted by Gasteiger charge is 2.15. The molecule has 0 aliphatic rings. The molecule has 0 atom stereocenters. The van der Waals surface area contributed by atoms with E-state index in [1.54, 1.807) is 6.07 Å². The molecule has 0 aromatic heterocycles. The summed E-state index contributed by atoms with van der Waals surface area (Å²) in [7, 11) is -3.69. The van der Waals surface area contributed by atoms with E-state index in [1.165, 1.54) is 24.3 Å². The highest BCUT2D eigenvalue weighted by Crippen LogP contribution is 2.19. The number of terminal acetylenes is 1. The average Bonchev–Trinajstić information content (AvgIpc) is 2.66. The number of hydrogen-bond donors (Lipinski definition) is 1. The van der Waals surface area contributed by atoms with Crippen LogP contribution in [0.15, 0.2) is 53.4 Å². The highest BCUT2D eigenvalue weighted by molar-refractivity contribution is 7.89. The van der Waals surface area contributed by atoms with E-state index in [4.69, 9.17) is 15.9 Å². The van der Waals surface area contributed by atoms with Gasteiger partial charge in [-0.05, 0) is 37.3 Å². The molecule has 0 saturated heterocycles. The number of carbonyl (C=O) groups excluding carboxylic acids is 1. The number of rotatable bonds is 8. The third-order valence-electron chi connectivity index (χ3n) is 3.40. The zero-order valence-corrected chi connectivity index (χ0v) is 15.1. The Bertz CT molecular complexity index is 898. The Morgan fingerprint density at radius 2 is 1.85 bits per heavy atom. The molecule has 2 aromatic rings. The number of ether oxygens (including phenoxy) is 2. The largest absolute Gasteiger partial charge is 0.493 e. The third-order valence-corrected chi connectivity index (χ3v) is 4.81. The third kappa shape index (κ3) is 5.09. The number of carbonyl (C=O) groups is 1. The van der Waals surface area contributed by atoms with E-state index in [0.717, 1.165) is 5.56 Å². The molecule has 136 valence electrons. The van der Waals surface area contributed by atoms with E-state index in [2.05, 4.69) is 10.6 Å². The van der Waals surface area contributed by atoms with Crippen molar-refractivity contribution in [1.82, 2.24) is 4.72 Å². The minimum Gasteiger partial charge on any atom is -0.493 e. The summed E-state index contributed by atoms with van der Waals surface area (Å²) in [5, 5.41) is 0. The molecule has 0 fully saturated rings. The smallest absolute Gasteiger partial charge is 0.338 e. The molecule has 6 nitrogen and oxygen atoms in total. The van der Waals surface area contributed by atoms with E-state index >= 15 is 0 Å². The fraction of sp³-hybridized carbons (Fsp3) is 0.211. The summed E-state index contributed by atoms with van der Waals surface area (Å²) >= 11 is 0. The topological polar surface area (TPSA) is 81.7 Å². The molecule has 2 aromatic carbocycles. The van der Waals surface area contributed by atoms with E-state index in [0.29, 0.717) is 12.4 Å². The number of para-hydroxylation sites is 1. The van der Waals surface area contributed by atoms with Gasteiger partial charge in [0.05, 0.1) is 23.6 Å². The monoisotopic (exact) mass is 373 g/mol. The van der Waals surface area contributed by atoms with Crippen LogP contribution in [0.5, 0.6) is 5.75 Å². The van der Waals surface area contributed by atoms with Crippen LogP contribution in [0.3, 0.4) is 0 Å². The van der Waals surface area contributed by atoms with Crippen molar-refractivity contribution >= 4 is 16.0 Å². The maximum Gasteiger partial charge on any atom is 0.338 e. The number of esters is 1. The number of nitrogens with one attached hydrogen (secondary N) is 1. The average molecular weight is 373 g/mol. The minimum absolute atomic E-state index is 0.0194. The Balaban J connectivity index is 2.04. The quantitative estimate of drug-likeness (QED) is 0.567. The van der Waals surface area contributed by atoms with Crippen LogP contribution in [-0.2, 0) is 21.4 Å². The highest BCUT2D eigenvalue weighted by atomic mass is 32.2. The van der Waals surface area contributed by atoms with Crippen molar-refractivity contribution in [2.45, 2.75) is 18.4 Å². The van der Waals surface area contributed by atoms with Gasteiger partial charge in [-0.1, -0.05) is 24.1 Å². The van der Waals surface area contributed by atoms with Crippen LogP contribution in [0.25, 0.3) is 0 Å². The Labute approximate surface area is 153 Å². The van der Waals surface area contributed by atoms with Crippen LogP contribution in [0.4, 0.5) is 0 Å². The molecular formula is C19H19NO5S. The van der Waals surface area contributed by atoms with Gasteiger partial charge >= 0.3 is 5.97 Å². The van der Waals surface area contributed by atoms with Crippen LogP contribution in [0.1, 0.15) is 22.8 Å². The van der Waals surface area contributed by atoms with Crippen molar-refractivity contribution < 1.29 is 22.7 Å². The molecule has 0 radical (unpaired) electrons. The summed E-state index contributed by atoms with van der Waals surface area (Å²) in [4.78, 5) is 12.2. The molecule has 0 aliphatic carbocycles. The lowest BCUT2D eigenvalue weighted by molar-refractivity contribution is 0.0469. The van der Waals surface area contributed by atoms with Gasteiger partial charge in [0, 0.05) is 5.56 Å². The molecule has 0 heterocycles. The molecular weight excluding hydrogens is 354 g/mol. The summed E-state index contributed by atoms with van der Waals surface area (Å²) < 4.78 is 36.9. The lowest BCUT2D eigenvalue weighted by Gasteiger charge is -2.11. The van der Waals surface area contributed by atoms with Crippen LogP contribution in [0, 0.1) is 12.3 Å². The first-order valence-corrected chi connectivity index (χ1v) is 9.37. The molecule has 26 heavy (non-hydrogen) atoms. The fourth-order valence-electron chi connectivity index (χ4n) is 2.14. The van der Waals surface area contributed by atoms with Crippen molar-refractivity contribution in [2.24, 2.45) is 0 Å². The predicted molar refractivity (Wildman–Crippen MR) is 97.2 cm³/mol. The van der Waals surface area contributed by atoms with Gasteiger partial charge in [0.15, 0.2) is 0 Å². The van der Waals surface area contributed by atoms with Crippen molar-refractivity contribution in [3.63, 3.8) is 0 Å². The summed E-state index contributed by atoms with van der Waals surface area (Å²) in [6.07, 6.45) is 5.04. The number of hydrogen-bond acceptors (Lipinski definition) is 5. The maximum atomic E-state index is 12.2. The molecule has 7 heteroatoms. The van der Waals surface area contributed by atoms with Crippen LogP contribution < -0.4 is 9.46 Å². The van der Waals surface area contributed by atoms with Crippen LogP contribution >= 0.6 is 0 Å². The van der Waals surface area contributed by atoms with Gasteiger partial charge < -0.3 is 9.47 Å². The minimum atomic E-state index is -3.69. The molecule has 0 amide bonds. The predicted octanol–water partition coefficient (Wildman–Crippen LogP) is 2.35. The van der Waals surface area contributed by atoms with E-state index in [1.807, 2.05) is 25.1 Å². The molecule has 0 spiro atoms. The maximum absolute atomic E-state index is 12.2. The first-order chi connectivity index (χ1) is 12.5. The SMILES string of the molecule is C#CCNS(=O)(=O)c1ccc(C(=O)OCc2ccccc2OCC)cc1. The Morgan fingerprint density at radius 1 is 1.15 bits per heavy atom. The van der Waals surface area contributed by atoms with Gasteiger partial charge in [-0.3, -0.25) is 0 Å². The van der Waals surface area contributed by atoms with Crippen LogP contribution in [0.2, 0.25) is 0 Å². The number of benzene rings is 2. The second-order valence-corrected chi connectivity index (χ2v) is 6.94. The van der Waals surface area contributed by atoms with E-state index < -0.39 is 16.0 Å². The second kappa shape index (κ2) is 9.04. The summed E-state index contributed by atoms with van der Waals surface area (Å²) in [6, 6.07) is 12.7. The zero-order valence-electron chi connectivity index (χ0n) is 14.3. The van der Waals surface area contributed by atoms with Gasteiger partial charge in [-0.15, -0.1) is 6.42 Å². The summed E-state index contributed by atoms with van der Waals surface area (Å²) in [5.74, 6) is 2.29. The zero-order chi connectivity index (χ0) is 19.0. The first-order valence-electron chi connectivity index (χ1n) is 7.89. The summed E-state index contributed by atoms with van der Waals surface area (Å²) in [6.45, 7) is 2.33. The van der Waals surface area contributed by atoms with Gasteiger partial charge in [-0.25, -0.2) is 13.2 Å². The van der Waals surface area contributed by atoms with E-state index in [9.17, 15) is 13.2 Å². The second-order valence-electron chi connectivity index (χ2n) is 5.17. The van der Waals surface area contributed by atoms with Gasteiger partial charge in [0.25, 0.3) is 0 Å². The lowest BCUT2D eigenvalue weighted by Crippen LogP contribution is -2.23. The lowest BCUT2D eigenvalue weighted by atomic mass is 10.2. The van der Waals surface area contributed by atoms with Crippen LogP contribution in [-0.4, -0.2) is 27.5 Å².